The molecule has 1 saturated heterocycles. The highest BCUT2D eigenvalue weighted by Crippen LogP contribution is 2.31. The molecule has 2 nitrogen and oxygen atoms in total. The Morgan fingerprint density at radius 2 is 1.58 bits per heavy atom. The Balaban J connectivity index is 1.36. The van der Waals surface area contributed by atoms with Crippen LogP contribution in [0, 0.1) is 5.82 Å². The lowest BCUT2D eigenvalue weighted by atomic mass is 9.83. The molecule has 33 heavy (non-hydrogen) atoms. The first kappa shape index (κ1) is 21.8. The van der Waals surface area contributed by atoms with Crippen LogP contribution in [-0.4, -0.2) is 18.7 Å². The molecule has 0 radical (unpaired) electrons. The van der Waals surface area contributed by atoms with Gasteiger partial charge < -0.3 is 10.1 Å². The van der Waals surface area contributed by atoms with Crippen LogP contribution >= 0.6 is 0 Å². The summed E-state index contributed by atoms with van der Waals surface area (Å²) in [6.07, 6.45) is 2.95. The fraction of sp³-hybridized carbons (Fsp3) is 0.267. The van der Waals surface area contributed by atoms with E-state index in [9.17, 15) is 4.39 Å². The smallest absolute Gasteiger partial charge is 0.123 e. The van der Waals surface area contributed by atoms with Gasteiger partial charge >= 0.3 is 0 Å². The fourth-order valence-electron chi connectivity index (χ4n) is 4.96. The van der Waals surface area contributed by atoms with Crippen LogP contribution in [-0.2, 0) is 17.8 Å². The third-order valence-corrected chi connectivity index (χ3v) is 6.79. The van der Waals surface area contributed by atoms with Crippen LogP contribution in [0.1, 0.15) is 35.4 Å². The summed E-state index contributed by atoms with van der Waals surface area (Å²) in [5.41, 5.74) is 3.69. The van der Waals surface area contributed by atoms with Crippen molar-refractivity contribution in [3.05, 3.63) is 120 Å². The van der Waals surface area contributed by atoms with Gasteiger partial charge in [-0.3, -0.25) is 0 Å². The molecule has 0 aliphatic carbocycles. The van der Waals surface area contributed by atoms with Gasteiger partial charge in [-0.15, -0.1) is 0 Å². The zero-order valence-corrected chi connectivity index (χ0v) is 18.8. The molecule has 1 aliphatic heterocycles. The number of rotatable bonds is 7. The Bertz CT molecular complexity index is 1170. The summed E-state index contributed by atoms with van der Waals surface area (Å²) in [6.45, 7) is 1.54. The molecular formula is C30H30FNO. The maximum atomic E-state index is 13.4. The first-order chi connectivity index (χ1) is 16.2. The van der Waals surface area contributed by atoms with Crippen molar-refractivity contribution < 1.29 is 9.13 Å². The minimum absolute atomic E-state index is 0.0506. The second kappa shape index (κ2) is 10.3. The number of piperidine rings is 1. The minimum atomic E-state index is -0.176. The van der Waals surface area contributed by atoms with E-state index in [1.54, 1.807) is 12.1 Å². The van der Waals surface area contributed by atoms with Crippen LogP contribution in [0.2, 0.25) is 0 Å². The third kappa shape index (κ3) is 5.50. The van der Waals surface area contributed by atoms with Gasteiger partial charge in [-0.2, -0.15) is 0 Å². The van der Waals surface area contributed by atoms with Crippen LogP contribution in [0.3, 0.4) is 0 Å². The predicted molar refractivity (Wildman–Crippen MR) is 133 cm³/mol. The lowest BCUT2D eigenvalue weighted by molar-refractivity contribution is 0.00665. The maximum Gasteiger partial charge on any atom is 0.123 e. The fourth-order valence-corrected chi connectivity index (χ4v) is 4.96. The molecule has 1 aliphatic rings. The highest BCUT2D eigenvalue weighted by atomic mass is 19.1. The summed E-state index contributed by atoms with van der Waals surface area (Å²) in [4.78, 5) is 0. The zero-order valence-electron chi connectivity index (χ0n) is 18.8. The number of halogens is 1. The molecule has 0 aromatic heterocycles. The number of fused-ring (bicyclic) bond motifs is 1. The van der Waals surface area contributed by atoms with E-state index in [1.807, 2.05) is 18.2 Å². The summed E-state index contributed by atoms with van der Waals surface area (Å²) in [5, 5.41) is 6.25. The molecule has 0 saturated carbocycles. The summed E-state index contributed by atoms with van der Waals surface area (Å²) < 4.78 is 20.0. The standard InChI is InChI=1S/C30H30FNO/c31-28-14-12-25(13-15-28)27-16-17-32-29(20-27)30(33-21-22-6-2-1-3-7-22)19-23-10-11-24-8-4-5-9-26(24)18-23/h1-15,18,27,29-30,32H,16-17,19-21H2/t27?,29?,30-/m1/s1. The van der Waals surface area contributed by atoms with E-state index in [2.05, 4.69) is 72.0 Å². The minimum Gasteiger partial charge on any atom is -0.372 e. The van der Waals surface area contributed by atoms with Gasteiger partial charge in [0.1, 0.15) is 5.82 Å². The molecule has 4 aromatic carbocycles. The number of ether oxygens (including phenoxy) is 1. The topological polar surface area (TPSA) is 21.3 Å². The van der Waals surface area contributed by atoms with Crippen LogP contribution in [0.5, 0.6) is 0 Å². The average molecular weight is 440 g/mol. The van der Waals surface area contributed by atoms with Crippen molar-refractivity contribution in [2.45, 2.75) is 43.9 Å². The van der Waals surface area contributed by atoms with E-state index >= 15 is 0 Å². The molecule has 0 amide bonds. The molecule has 1 fully saturated rings. The van der Waals surface area contributed by atoms with Crippen LogP contribution in [0.25, 0.3) is 10.8 Å². The second-order valence-electron chi connectivity index (χ2n) is 9.05. The van der Waals surface area contributed by atoms with E-state index in [1.165, 1.54) is 27.5 Å². The molecule has 4 aromatic rings. The van der Waals surface area contributed by atoms with Gasteiger partial charge in [-0.05, 0) is 64.9 Å². The van der Waals surface area contributed by atoms with Gasteiger partial charge in [0, 0.05) is 12.5 Å². The van der Waals surface area contributed by atoms with E-state index in [0.717, 1.165) is 25.8 Å². The normalized spacial score (nSPS) is 19.4. The van der Waals surface area contributed by atoms with Crippen molar-refractivity contribution in [1.82, 2.24) is 5.32 Å². The number of benzene rings is 4. The number of hydrogen-bond acceptors (Lipinski definition) is 2. The quantitative estimate of drug-likeness (QED) is 0.348. The summed E-state index contributed by atoms with van der Waals surface area (Å²) in [6, 6.07) is 32.8. The predicted octanol–water partition coefficient (Wildman–Crippen LogP) is 6.64. The molecular weight excluding hydrogens is 409 g/mol. The molecule has 0 spiro atoms. The lowest BCUT2D eigenvalue weighted by Crippen LogP contribution is -2.47. The molecule has 1 N–H and O–H groups in total. The van der Waals surface area contributed by atoms with Gasteiger partial charge in [0.2, 0.25) is 0 Å². The SMILES string of the molecule is Fc1ccc(C2CCNC([C@@H](Cc3ccc4ccccc4c3)OCc3ccccc3)C2)cc1. The van der Waals surface area contributed by atoms with Gasteiger partial charge in [-0.1, -0.05) is 84.9 Å². The molecule has 3 atom stereocenters. The largest absolute Gasteiger partial charge is 0.372 e. The maximum absolute atomic E-state index is 13.4. The lowest BCUT2D eigenvalue weighted by Gasteiger charge is -2.36. The van der Waals surface area contributed by atoms with Crippen LogP contribution < -0.4 is 5.32 Å². The van der Waals surface area contributed by atoms with Crippen molar-refractivity contribution in [3.63, 3.8) is 0 Å². The molecule has 5 rings (SSSR count). The van der Waals surface area contributed by atoms with E-state index < -0.39 is 0 Å². The number of hydrogen-bond donors (Lipinski definition) is 1. The Labute approximate surface area is 195 Å². The summed E-state index contributed by atoms with van der Waals surface area (Å²) in [5.74, 6) is 0.237. The van der Waals surface area contributed by atoms with Crippen LogP contribution in [0.4, 0.5) is 4.39 Å². The zero-order chi connectivity index (χ0) is 22.5. The van der Waals surface area contributed by atoms with Gasteiger partial charge in [0.05, 0.1) is 12.7 Å². The Morgan fingerprint density at radius 3 is 2.39 bits per heavy atom. The first-order valence-electron chi connectivity index (χ1n) is 11.9. The second-order valence-corrected chi connectivity index (χ2v) is 9.05. The van der Waals surface area contributed by atoms with Gasteiger partial charge in [-0.25, -0.2) is 4.39 Å². The van der Waals surface area contributed by atoms with E-state index in [4.69, 9.17) is 4.74 Å². The number of nitrogens with one attached hydrogen (secondary N) is 1. The van der Waals surface area contributed by atoms with Crippen LogP contribution in [0.15, 0.2) is 97.1 Å². The molecule has 168 valence electrons. The molecule has 0 bridgehead atoms. The van der Waals surface area contributed by atoms with Crippen molar-refractivity contribution >= 4 is 10.8 Å². The Hall–Kier alpha value is -3.01. The molecule has 2 unspecified atom stereocenters. The molecule has 3 heteroatoms. The van der Waals surface area contributed by atoms with Crippen molar-refractivity contribution in [1.29, 1.82) is 0 Å². The monoisotopic (exact) mass is 439 g/mol. The van der Waals surface area contributed by atoms with Crippen molar-refractivity contribution in [3.8, 4) is 0 Å². The highest BCUT2D eigenvalue weighted by Gasteiger charge is 2.30. The third-order valence-electron chi connectivity index (χ3n) is 6.79. The van der Waals surface area contributed by atoms with Crippen molar-refractivity contribution in [2.24, 2.45) is 0 Å². The Morgan fingerprint density at radius 1 is 0.818 bits per heavy atom. The Kier molecular flexibility index (Phi) is 6.80. The highest BCUT2D eigenvalue weighted by molar-refractivity contribution is 5.83. The van der Waals surface area contributed by atoms with Crippen molar-refractivity contribution in [2.75, 3.05) is 6.54 Å². The first-order valence-corrected chi connectivity index (χ1v) is 11.9. The average Bonchev–Trinajstić information content (AvgIpc) is 2.87. The van der Waals surface area contributed by atoms with Gasteiger partial charge in [0.15, 0.2) is 0 Å². The van der Waals surface area contributed by atoms with E-state index in [0.29, 0.717) is 12.5 Å². The molecule has 1 heterocycles. The summed E-state index contributed by atoms with van der Waals surface area (Å²) >= 11 is 0. The summed E-state index contributed by atoms with van der Waals surface area (Å²) in [7, 11) is 0. The van der Waals surface area contributed by atoms with Gasteiger partial charge in [0.25, 0.3) is 0 Å². The van der Waals surface area contributed by atoms with E-state index in [-0.39, 0.29) is 18.0 Å².